The van der Waals surface area contributed by atoms with E-state index in [2.05, 4.69) is 14.9 Å². The third kappa shape index (κ3) is 4.79. The molecule has 0 spiro atoms. The molecule has 0 unspecified atom stereocenters. The molecule has 2 saturated heterocycles. The number of aromatic nitrogens is 4. The maximum atomic E-state index is 11.1. The first-order valence-corrected chi connectivity index (χ1v) is 10.6. The molecular formula is C19H29N7O4. The number of carbonyl (C=O) groups is 1. The highest BCUT2D eigenvalue weighted by Crippen LogP contribution is 2.28. The van der Waals surface area contributed by atoms with Crippen molar-refractivity contribution >= 4 is 28.7 Å². The van der Waals surface area contributed by atoms with Gasteiger partial charge >= 0.3 is 0 Å². The lowest BCUT2D eigenvalue weighted by atomic mass is 10.2. The summed E-state index contributed by atoms with van der Waals surface area (Å²) in [6.07, 6.45) is 4.63. The van der Waals surface area contributed by atoms with E-state index in [9.17, 15) is 4.79 Å². The van der Waals surface area contributed by atoms with Crippen molar-refractivity contribution in [1.82, 2.24) is 25.2 Å². The summed E-state index contributed by atoms with van der Waals surface area (Å²) in [5.74, 6) is 1.28. The zero-order valence-corrected chi connectivity index (χ0v) is 17.1. The van der Waals surface area contributed by atoms with Crippen LogP contribution < -0.4 is 15.3 Å². The Hall–Kier alpha value is -2.50. The van der Waals surface area contributed by atoms with Crippen LogP contribution in [0.25, 0.3) is 11.0 Å². The summed E-state index contributed by atoms with van der Waals surface area (Å²) < 4.78 is 12.9. The Morgan fingerprint density at radius 3 is 2.40 bits per heavy atom. The van der Waals surface area contributed by atoms with Crippen molar-refractivity contribution in [3.8, 4) is 0 Å². The third-order valence-electron chi connectivity index (χ3n) is 5.47. The number of hydroxylamine groups is 1. The van der Waals surface area contributed by atoms with Crippen molar-refractivity contribution in [3.63, 3.8) is 0 Å². The van der Waals surface area contributed by atoms with Gasteiger partial charge in [-0.2, -0.15) is 15.1 Å². The van der Waals surface area contributed by atoms with Crippen LogP contribution in [0.5, 0.6) is 0 Å². The Morgan fingerprint density at radius 2 is 1.70 bits per heavy atom. The molecule has 2 N–H and O–H groups in total. The number of nitrogens with one attached hydrogen (secondary N) is 1. The van der Waals surface area contributed by atoms with E-state index in [1.54, 1.807) is 5.48 Å². The molecule has 2 aliphatic heterocycles. The molecule has 164 valence electrons. The van der Waals surface area contributed by atoms with E-state index >= 15 is 0 Å². The van der Waals surface area contributed by atoms with Crippen molar-refractivity contribution < 1.29 is 19.5 Å². The molecule has 11 nitrogen and oxygen atoms in total. The minimum Gasteiger partial charge on any atom is -0.378 e. The summed E-state index contributed by atoms with van der Waals surface area (Å²) in [7, 11) is 0. The van der Waals surface area contributed by atoms with Gasteiger partial charge in [-0.3, -0.25) is 10.0 Å². The van der Waals surface area contributed by atoms with Gasteiger partial charge in [-0.25, -0.2) is 10.2 Å². The average Bonchev–Trinajstić information content (AvgIpc) is 3.22. The summed E-state index contributed by atoms with van der Waals surface area (Å²) in [6, 6.07) is 0. The second kappa shape index (κ2) is 10.0. The van der Waals surface area contributed by atoms with Gasteiger partial charge in [0.05, 0.1) is 38.0 Å². The molecular weight excluding hydrogens is 390 g/mol. The molecule has 4 heterocycles. The van der Waals surface area contributed by atoms with E-state index in [4.69, 9.17) is 24.6 Å². The summed E-state index contributed by atoms with van der Waals surface area (Å²) >= 11 is 0. The number of hydrogen-bond donors (Lipinski definition) is 2. The summed E-state index contributed by atoms with van der Waals surface area (Å²) in [5.41, 5.74) is 2.50. The van der Waals surface area contributed by atoms with Crippen molar-refractivity contribution in [1.29, 1.82) is 0 Å². The Labute approximate surface area is 174 Å². The van der Waals surface area contributed by atoms with Crippen molar-refractivity contribution in [2.45, 2.75) is 32.2 Å². The van der Waals surface area contributed by atoms with Gasteiger partial charge < -0.3 is 19.3 Å². The minimum atomic E-state index is -0.349. The highest BCUT2D eigenvalue weighted by Gasteiger charge is 2.23. The minimum absolute atomic E-state index is 0.320. The smallest absolute Gasteiger partial charge is 0.243 e. The van der Waals surface area contributed by atoms with E-state index in [1.807, 2.05) is 10.9 Å². The van der Waals surface area contributed by atoms with Crippen LogP contribution in [0, 0.1) is 0 Å². The molecule has 0 aromatic carbocycles. The maximum Gasteiger partial charge on any atom is 0.243 e. The number of fused-ring (bicyclic) bond motifs is 1. The molecule has 0 aliphatic carbocycles. The van der Waals surface area contributed by atoms with Gasteiger partial charge in [-0.15, -0.1) is 0 Å². The maximum absolute atomic E-state index is 11.1. The fourth-order valence-corrected chi connectivity index (χ4v) is 3.79. The zero-order chi connectivity index (χ0) is 20.8. The predicted octanol–water partition coefficient (Wildman–Crippen LogP) is 0.565. The normalized spacial score (nSPS) is 17.5. The second-order valence-corrected chi connectivity index (χ2v) is 7.50. The van der Waals surface area contributed by atoms with Crippen LogP contribution in [0.2, 0.25) is 0 Å². The molecule has 2 fully saturated rings. The summed E-state index contributed by atoms with van der Waals surface area (Å²) in [4.78, 5) is 25.3. The Balaban J connectivity index is 1.54. The second-order valence-electron chi connectivity index (χ2n) is 7.50. The van der Waals surface area contributed by atoms with E-state index in [0.29, 0.717) is 45.3 Å². The van der Waals surface area contributed by atoms with Crippen LogP contribution in [0.4, 0.5) is 11.8 Å². The van der Waals surface area contributed by atoms with Gasteiger partial charge in [-0.05, 0) is 12.8 Å². The fraction of sp³-hybridized carbons (Fsp3) is 0.684. The molecule has 1 amide bonds. The number of aryl methyl sites for hydroxylation is 1. The standard InChI is InChI=1S/C19H29N7O4/c27-16(23-28)4-2-1-3-5-26-18-15(14-20-26)17(24-6-10-29-11-7-24)21-19(22-18)25-8-12-30-13-9-25/h14,28H,1-13H2,(H,23,27). The lowest BCUT2D eigenvalue weighted by Gasteiger charge is -2.31. The van der Waals surface area contributed by atoms with Crippen LogP contribution in [-0.4, -0.2) is 83.5 Å². The van der Waals surface area contributed by atoms with E-state index in [1.165, 1.54) is 0 Å². The number of rotatable bonds is 8. The van der Waals surface area contributed by atoms with E-state index in [0.717, 1.165) is 62.3 Å². The van der Waals surface area contributed by atoms with Crippen molar-refractivity contribution in [2.24, 2.45) is 0 Å². The number of unbranched alkanes of at least 4 members (excludes halogenated alkanes) is 2. The quantitative estimate of drug-likeness (QED) is 0.359. The van der Waals surface area contributed by atoms with Gasteiger partial charge in [0.1, 0.15) is 5.82 Å². The van der Waals surface area contributed by atoms with Gasteiger partial charge in [0.15, 0.2) is 5.65 Å². The van der Waals surface area contributed by atoms with Crippen molar-refractivity contribution in [2.75, 3.05) is 62.4 Å². The summed E-state index contributed by atoms with van der Waals surface area (Å²) in [5, 5.41) is 14.1. The first kappa shape index (κ1) is 20.8. The fourth-order valence-electron chi connectivity index (χ4n) is 3.79. The molecule has 0 radical (unpaired) electrons. The van der Waals surface area contributed by atoms with Crippen molar-refractivity contribution in [3.05, 3.63) is 6.20 Å². The van der Waals surface area contributed by atoms with Gasteiger partial charge in [0, 0.05) is 39.1 Å². The topological polar surface area (TPSA) is 118 Å². The summed E-state index contributed by atoms with van der Waals surface area (Å²) in [6.45, 7) is 6.59. The number of morpholine rings is 2. The van der Waals surface area contributed by atoms with Gasteiger partial charge in [0.25, 0.3) is 0 Å². The van der Waals surface area contributed by atoms with Crippen LogP contribution in [-0.2, 0) is 20.8 Å². The van der Waals surface area contributed by atoms with Crippen LogP contribution in [0.1, 0.15) is 25.7 Å². The van der Waals surface area contributed by atoms with E-state index in [-0.39, 0.29) is 5.91 Å². The Morgan fingerprint density at radius 1 is 1.00 bits per heavy atom. The molecule has 2 aromatic heterocycles. The molecule has 0 saturated carbocycles. The van der Waals surface area contributed by atoms with E-state index < -0.39 is 0 Å². The van der Waals surface area contributed by atoms with Crippen LogP contribution >= 0.6 is 0 Å². The predicted molar refractivity (Wildman–Crippen MR) is 110 cm³/mol. The lowest BCUT2D eigenvalue weighted by molar-refractivity contribution is -0.129. The number of anilines is 2. The first-order valence-electron chi connectivity index (χ1n) is 10.6. The molecule has 2 aromatic rings. The Kier molecular flexibility index (Phi) is 6.92. The SMILES string of the molecule is O=C(CCCCCn1ncc2c(N3CCOCC3)nc(N3CCOCC3)nc21)NO. The zero-order valence-electron chi connectivity index (χ0n) is 17.1. The largest absolute Gasteiger partial charge is 0.378 e. The molecule has 0 atom stereocenters. The molecule has 4 rings (SSSR count). The highest BCUT2D eigenvalue weighted by atomic mass is 16.5. The third-order valence-corrected chi connectivity index (χ3v) is 5.47. The lowest BCUT2D eigenvalue weighted by Crippen LogP contribution is -2.39. The molecule has 2 aliphatic rings. The number of hydrogen-bond acceptors (Lipinski definition) is 9. The number of nitrogens with zero attached hydrogens (tertiary/aromatic N) is 6. The van der Waals surface area contributed by atoms with Crippen LogP contribution in [0.15, 0.2) is 6.20 Å². The highest BCUT2D eigenvalue weighted by molar-refractivity contribution is 5.88. The molecule has 0 bridgehead atoms. The van der Waals surface area contributed by atoms with Gasteiger partial charge in [-0.1, -0.05) is 6.42 Å². The number of carbonyl (C=O) groups excluding carboxylic acids is 1. The van der Waals surface area contributed by atoms with Gasteiger partial charge in [0.2, 0.25) is 11.9 Å². The van der Waals surface area contributed by atoms with Crippen LogP contribution in [0.3, 0.4) is 0 Å². The molecule has 11 heteroatoms. The average molecular weight is 419 g/mol. The first-order chi connectivity index (χ1) is 14.8. The molecule has 30 heavy (non-hydrogen) atoms. The monoisotopic (exact) mass is 419 g/mol. The Bertz CT molecular complexity index is 847. The number of amides is 1. The number of ether oxygens (including phenoxy) is 2.